The van der Waals surface area contributed by atoms with Crippen molar-refractivity contribution >= 4 is 26.7 Å². The molecule has 0 atom stereocenters. The van der Waals surface area contributed by atoms with E-state index in [1.807, 2.05) is 10.8 Å². The zero-order chi connectivity index (χ0) is 30.0. The lowest BCUT2D eigenvalue weighted by atomic mass is 9.87. The summed E-state index contributed by atoms with van der Waals surface area (Å²) in [5.74, 6) is 0.894. The van der Waals surface area contributed by atoms with Crippen LogP contribution in [0.5, 0.6) is 0 Å². The third-order valence-corrected chi connectivity index (χ3v) is 9.49. The number of nitrogens with zero attached hydrogens (tertiary/aromatic N) is 5. The first kappa shape index (κ1) is 29.1. The highest BCUT2D eigenvalue weighted by atomic mass is 32.2. The summed E-state index contributed by atoms with van der Waals surface area (Å²) < 4.78 is 29.5. The molecule has 0 radical (unpaired) electrons. The highest BCUT2D eigenvalue weighted by Crippen LogP contribution is 2.30. The fourth-order valence-electron chi connectivity index (χ4n) is 5.52. The first-order valence-corrected chi connectivity index (χ1v) is 16.3. The van der Waals surface area contributed by atoms with Gasteiger partial charge in [-0.05, 0) is 35.2 Å². The molecule has 1 aliphatic rings. The van der Waals surface area contributed by atoms with Gasteiger partial charge in [0.1, 0.15) is 11.3 Å². The topological polar surface area (TPSA) is 99.2 Å². The second kappa shape index (κ2) is 11.9. The van der Waals surface area contributed by atoms with Gasteiger partial charge in [0, 0.05) is 57.6 Å². The van der Waals surface area contributed by atoms with Gasteiger partial charge < -0.3 is 14.5 Å². The summed E-state index contributed by atoms with van der Waals surface area (Å²) in [7, 11) is -3.51. The molecule has 0 amide bonds. The van der Waals surface area contributed by atoms with Crippen LogP contribution in [0.3, 0.4) is 0 Å². The van der Waals surface area contributed by atoms with E-state index in [1.165, 1.54) is 5.56 Å². The number of aromatic nitrogens is 4. The van der Waals surface area contributed by atoms with E-state index in [4.69, 9.17) is 4.98 Å². The van der Waals surface area contributed by atoms with Crippen LogP contribution in [-0.4, -0.2) is 65.6 Å². The van der Waals surface area contributed by atoms with Gasteiger partial charge in [0.15, 0.2) is 0 Å². The smallest absolute Gasteiger partial charge is 0.240 e. The molecule has 0 unspecified atom stereocenters. The van der Waals surface area contributed by atoms with E-state index in [0.29, 0.717) is 13.1 Å². The summed E-state index contributed by atoms with van der Waals surface area (Å²) in [4.78, 5) is 18.2. The van der Waals surface area contributed by atoms with Crippen molar-refractivity contribution in [3.05, 3.63) is 96.6 Å². The third kappa shape index (κ3) is 6.66. The zero-order valence-electron chi connectivity index (χ0n) is 25.0. The predicted molar refractivity (Wildman–Crippen MR) is 172 cm³/mol. The molecule has 1 fully saturated rings. The van der Waals surface area contributed by atoms with E-state index in [2.05, 4.69) is 87.7 Å². The summed E-state index contributed by atoms with van der Waals surface area (Å²) in [6.07, 6.45) is 3.78. The van der Waals surface area contributed by atoms with Crippen LogP contribution >= 0.6 is 0 Å². The average Bonchev–Trinajstić information content (AvgIpc) is 3.65. The van der Waals surface area contributed by atoms with Crippen LogP contribution < -0.4 is 9.62 Å². The van der Waals surface area contributed by atoms with Crippen molar-refractivity contribution in [3.8, 4) is 11.4 Å². The zero-order valence-corrected chi connectivity index (χ0v) is 25.8. The number of piperazine rings is 1. The van der Waals surface area contributed by atoms with Gasteiger partial charge in [-0.2, -0.15) is 0 Å². The van der Waals surface area contributed by atoms with Crippen LogP contribution in [0.4, 0.5) is 5.69 Å². The number of rotatable bonds is 9. The number of aromatic amines is 1. The van der Waals surface area contributed by atoms with Crippen LogP contribution in [0.1, 0.15) is 32.0 Å². The number of nitrogens with one attached hydrogen (secondary N) is 2. The van der Waals surface area contributed by atoms with Crippen LogP contribution in [0.25, 0.3) is 22.4 Å². The molecule has 2 aromatic heterocycles. The van der Waals surface area contributed by atoms with Crippen molar-refractivity contribution in [2.45, 2.75) is 44.2 Å². The van der Waals surface area contributed by atoms with Gasteiger partial charge in [-0.3, -0.25) is 4.90 Å². The Morgan fingerprint density at radius 3 is 2.37 bits per heavy atom. The number of H-pyrrole nitrogens is 1. The van der Waals surface area contributed by atoms with Crippen LogP contribution in [0.15, 0.2) is 90.2 Å². The first-order valence-electron chi connectivity index (χ1n) is 14.8. The molecule has 5 aromatic rings. The van der Waals surface area contributed by atoms with Crippen molar-refractivity contribution in [1.82, 2.24) is 29.1 Å². The number of hydrogen-bond donors (Lipinski definition) is 2. The van der Waals surface area contributed by atoms with Gasteiger partial charge in [-0.25, -0.2) is 23.1 Å². The van der Waals surface area contributed by atoms with Gasteiger partial charge >= 0.3 is 0 Å². The van der Waals surface area contributed by atoms with E-state index < -0.39 is 10.0 Å². The molecular weight excluding hydrogens is 558 g/mol. The second-order valence-corrected chi connectivity index (χ2v) is 13.9. The Kier molecular flexibility index (Phi) is 8.09. The van der Waals surface area contributed by atoms with Crippen molar-refractivity contribution in [2.24, 2.45) is 0 Å². The van der Waals surface area contributed by atoms with Crippen LogP contribution in [0.2, 0.25) is 0 Å². The monoisotopic (exact) mass is 597 g/mol. The molecule has 10 heteroatoms. The standard InChI is InChI=1S/C33H39N7O2S/c1-33(2,3)26-14-12-25(13-15-26)32-36-29-10-7-11-30(31(29)37-32)40-20-18-38(19-21-40)22-27-23-39(24-34-27)17-16-35-43(41,42)28-8-5-4-6-9-28/h4-15,23-24,35H,16-22H2,1-3H3,(H,36,37). The summed E-state index contributed by atoms with van der Waals surface area (Å²) in [5, 5.41) is 0. The summed E-state index contributed by atoms with van der Waals surface area (Å²) >= 11 is 0. The Hall–Kier alpha value is -3.99. The molecule has 0 aliphatic carbocycles. The molecule has 3 heterocycles. The number of sulfonamides is 1. The molecule has 43 heavy (non-hydrogen) atoms. The van der Waals surface area contributed by atoms with Crippen molar-refractivity contribution in [2.75, 3.05) is 37.6 Å². The van der Waals surface area contributed by atoms with E-state index in [0.717, 1.165) is 66.5 Å². The van der Waals surface area contributed by atoms with E-state index in [9.17, 15) is 8.42 Å². The maximum absolute atomic E-state index is 12.4. The minimum atomic E-state index is -3.51. The molecule has 224 valence electrons. The van der Waals surface area contributed by atoms with Crippen LogP contribution in [0, 0.1) is 0 Å². The Morgan fingerprint density at radius 2 is 1.65 bits per heavy atom. The number of hydrogen-bond acceptors (Lipinski definition) is 6. The first-order chi connectivity index (χ1) is 20.7. The Labute approximate surface area is 253 Å². The molecule has 0 spiro atoms. The maximum atomic E-state index is 12.4. The minimum Gasteiger partial charge on any atom is -0.367 e. The molecule has 0 bridgehead atoms. The predicted octanol–water partition coefficient (Wildman–Crippen LogP) is 5.02. The lowest BCUT2D eigenvalue weighted by molar-refractivity contribution is 0.247. The second-order valence-electron chi connectivity index (χ2n) is 12.2. The van der Waals surface area contributed by atoms with Crippen molar-refractivity contribution in [3.63, 3.8) is 0 Å². The average molecular weight is 598 g/mol. The summed E-state index contributed by atoms with van der Waals surface area (Å²) in [6, 6.07) is 23.5. The molecule has 3 aromatic carbocycles. The van der Waals surface area contributed by atoms with E-state index in [-0.39, 0.29) is 10.3 Å². The Balaban J connectivity index is 1.04. The largest absolute Gasteiger partial charge is 0.367 e. The van der Waals surface area contributed by atoms with E-state index >= 15 is 0 Å². The molecule has 2 N–H and O–H groups in total. The quantitative estimate of drug-likeness (QED) is 0.248. The maximum Gasteiger partial charge on any atom is 0.240 e. The molecule has 0 saturated carbocycles. The van der Waals surface area contributed by atoms with E-state index in [1.54, 1.807) is 36.7 Å². The number of benzene rings is 3. The van der Waals surface area contributed by atoms with Gasteiger partial charge in [0.05, 0.1) is 28.1 Å². The summed E-state index contributed by atoms with van der Waals surface area (Å²) in [5.41, 5.74) is 6.72. The van der Waals surface area contributed by atoms with Gasteiger partial charge in [0.25, 0.3) is 0 Å². The SMILES string of the molecule is CC(C)(C)c1ccc(-c2nc3c(N4CCN(Cc5cn(CCNS(=O)(=O)c6ccccc6)cn5)CC4)cccc3[nH]2)cc1. The lowest BCUT2D eigenvalue weighted by Gasteiger charge is -2.35. The third-order valence-electron chi connectivity index (χ3n) is 8.02. The number of anilines is 1. The molecule has 9 nitrogen and oxygen atoms in total. The fraction of sp³-hybridized carbons (Fsp3) is 0.333. The van der Waals surface area contributed by atoms with Gasteiger partial charge in [-0.1, -0.05) is 69.3 Å². The molecule has 6 rings (SSSR count). The molecule has 1 aliphatic heterocycles. The minimum absolute atomic E-state index is 0.118. The Bertz CT molecular complexity index is 1780. The highest BCUT2D eigenvalue weighted by Gasteiger charge is 2.21. The number of imidazole rings is 2. The normalized spacial score (nSPS) is 14.9. The number of para-hydroxylation sites is 1. The van der Waals surface area contributed by atoms with Crippen LogP contribution in [-0.2, 0) is 28.5 Å². The van der Waals surface area contributed by atoms with Gasteiger partial charge in [0.2, 0.25) is 10.0 Å². The molecule has 1 saturated heterocycles. The fourth-order valence-corrected chi connectivity index (χ4v) is 6.56. The summed E-state index contributed by atoms with van der Waals surface area (Å²) in [6.45, 7) is 11.9. The van der Waals surface area contributed by atoms with Crippen molar-refractivity contribution in [1.29, 1.82) is 0 Å². The van der Waals surface area contributed by atoms with Crippen molar-refractivity contribution < 1.29 is 8.42 Å². The van der Waals surface area contributed by atoms with Gasteiger partial charge in [-0.15, -0.1) is 0 Å². The number of fused-ring (bicyclic) bond motifs is 1. The highest BCUT2D eigenvalue weighted by molar-refractivity contribution is 7.89. The molecular formula is C33H39N7O2S. The Morgan fingerprint density at radius 1 is 0.907 bits per heavy atom. The lowest BCUT2D eigenvalue weighted by Crippen LogP contribution is -2.46.